The predicted octanol–water partition coefficient (Wildman–Crippen LogP) is 1.27. The zero-order chi connectivity index (χ0) is 11.9. The van der Waals surface area contributed by atoms with E-state index >= 15 is 0 Å². The molecule has 0 saturated carbocycles. The predicted molar refractivity (Wildman–Crippen MR) is 65.7 cm³/mol. The van der Waals surface area contributed by atoms with Crippen LogP contribution in [0.15, 0.2) is 0 Å². The van der Waals surface area contributed by atoms with Gasteiger partial charge in [0.25, 0.3) is 0 Å². The molecule has 1 saturated heterocycles. The second-order valence-electron chi connectivity index (χ2n) is 4.91. The molecule has 1 atom stereocenters. The van der Waals surface area contributed by atoms with Crippen LogP contribution in [0.3, 0.4) is 0 Å². The molecule has 4 nitrogen and oxygen atoms in total. The highest BCUT2D eigenvalue weighted by atomic mass is 15.4. The van der Waals surface area contributed by atoms with Crippen molar-refractivity contribution in [1.82, 2.24) is 20.0 Å². The van der Waals surface area contributed by atoms with Gasteiger partial charge in [0.15, 0.2) is 0 Å². The summed E-state index contributed by atoms with van der Waals surface area (Å²) < 4.78 is 2.21. The Hall–Kier alpha value is -0.870. The van der Waals surface area contributed by atoms with E-state index in [0.29, 0.717) is 12.1 Å². The van der Waals surface area contributed by atoms with Crippen molar-refractivity contribution in [3.8, 4) is 0 Å². The van der Waals surface area contributed by atoms with Crippen LogP contribution < -0.4 is 5.32 Å². The van der Waals surface area contributed by atoms with Gasteiger partial charge in [-0.2, -0.15) is 5.10 Å². The summed E-state index contributed by atoms with van der Waals surface area (Å²) in [5, 5.41) is 7.98. The third-order valence-electron chi connectivity index (χ3n) is 3.64. The Bertz CT molecular complexity index is 377. The number of rotatable bonds is 3. The smallest absolute Gasteiger partial charge is 0.0775 e. The molecule has 4 heteroatoms. The van der Waals surface area contributed by atoms with Crippen molar-refractivity contribution >= 4 is 0 Å². The first kappa shape index (κ1) is 11.6. The molecule has 0 radical (unpaired) electrons. The van der Waals surface area contributed by atoms with Gasteiger partial charge in [0, 0.05) is 30.4 Å². The van der Waals surface area contributed by atoms with Gasteiger partial charge in [-0.15, -0.1) is 0 Å². The second kappa shape index (κ2) is 4.18. The Morgan fingerprint density at radius 2 is 2.00 bits per heavy atom. The van der Waals surface area contributed by atoms with E-state index in [1.165, 1.54) is 11.3 Å². The van der Waals surface area contributed by atoms with E-state index in [1.807, 2.05) is 7.05 Å². The highest BCUT2D eigenvalue weighted by Gasteiger charge is 2.28. The normalized spacial score (nSPS) is 19.8. The van der Waals surface area contributed by atoms with Gasteiger partial charge in [-0.1, -0.05) is 0 Å². The van der Waals surface area contributed by atoms with Crippen molar-refractivity contribution in [2.45, 2.75) is 32.9 Å². The summed E-state index contributed by atoms with van der Waals surface area (Å²) in [5.41, 5.74) is 3.84. The lowest BCUT2D eigenvalue weighted by atomic mass is 10.1. The number of hydrogen-bond acceptors (Lipinski definition) is 3. The van der Waals surface area contributed by atoms with Gasteiger partial charge in [0.2, 0.25) is 0 Å². The molecule has 1 N–H and O–H groups in total. The number of aryl methyl sites for hydroxylation is 1. The van der Waals surface area contributed by atoms with Crippen LogP contribution in [-0.2, 0) is 0 Å². The molecule has 0 amide bonds. The first-order chi connectivity index (χ1) is 7.54. The van der Waals surface area contributed by atoms with Crippen molar-refractivity contribution in [3.05, 3.63) is 17.0 Å². The van der Waals surface area contributed by atoms with E-state index in [2.05, 4.69) is 47.8 Å². The number of likely N-dealkylation sites (N-methyl/N-ethyl adjacent to an activating group) is 1. The zero-order valence-corrected chi connectivity index (χ0v) is 10.9. The largest absolute Gasteiger partial charge is 0.313 e. The van der Waals surface area contributed by atoms with Crippen LogP contribution in [0.5, 0.6) is 0 Å². The minimum atomic E-state index is 0.381. The SMILES string of the molecule is CNC(C)c1c(C)nn(C2CN(C)C2)c1C. The molecule has 1 aliphatic heterocycles. The van der Waals surface area contributed by atoms with E-state index < -0.39 is 0 Å². The maximum Gasteiger partial charge on any atom is 0.0775 e. The standard InChI is InChI=1S/C12H22N4/c1-8(13-4)12-9(2)14-16(10(12)3)11-6-15(5)7-11/h8,11,13H,6-7H2,1-5H3. The summed E-state index contributed by atoms with van der Waals surface area (Å²) in [4.78, 5) is 2.32. The molecule has 0 spiro atoms. The number of aromatic nitrogens is 2. The van der Waals surface area contributed by atoms with Crippen molar-refractivity contribution in [2.24, 2.45) is 0 Å². The third-order valence-corrected chi connectivity index (χ3v) is 3.64. The average Bonchev–Trinajstić information content (AvgIpc) is 2.49. The maximum absolute atomic E-state index is 4.69. The molecule has 2 heterocycles. The van der Waals surface area contributed by atoms with Crippen molar-refractivity contribution < 1.29 is 0 Å². The average molecular weight is 222 g/mol. The summed E-state index contributed by atoms with van der Waals surface area (Å²) in [5.74, 6) is 0. The molecule has 0 aliphatic carbocycles. The van der Waals surface area contributed by atoms with Gasteiger partial charge in [-0.3, -0.25) is 4.68 Å². The highest BCUT2D eigenvalue weighted by molar-refractivity contribution is 5.28. The van der Waals surface area contributed by atoms with Crippen molar-refractivity contribution in [3.63, 3.8) is 0 Å². The van der Waals surface area contributed by atoms with E-state index in [0.717, 1.165) is 18.8 Å². The molecule has 0 aromatic carbocycles. The summed E-state index contributed by atoms with van der Waals surface area (Å²) in [6, 6.07) is 0.952. The summed E-state index contributed by atoms with van der Waals surface area (Å²) >= 11 is 0. The molecular formula is C12H22N4. The van der Waals surface area contributed by atoms with Crippen LogP contribution in [0.25, 0.3) is 0 Å². The van der Waals surface area contributed by atoms with Crippen molar-refractivity contribution in [2.75, 3.05) is 27.2 Å². The molecule has 1 fully saturated rings. The van der Waals surface area contributed by atoms with E-state index in [-0.39, 0.29) is 0 Å². The molecule has 1 aromatic heterocycles. The lowest BCUT2D eigenvalue weighted by Crippen LogP contribution is -2.45. The molecule has 1 unspecified atom stereocenters. The van der Waals surface area contributed by atoms with Gasteiger partial charge in [0.05, 0.1) is 11.7 Å². The van der Waals surface area contributed by atoms with Crippen LogP contribution in [0.2, 0.25) is 0 Å². The topological polar surface area (TPSA) is 33.1 Å². The Kier molecular flexibility index (Phi) is 3.04. The molecule has 16 heavy (non-hydrogen) atoms. The van der Waals surface area contributed by atoms with Crippen LogP contribution in [-0.4, -0.2) is 41.9 Å². The van der Waals surface area contributed by atoms with Crippen molar-refractivity contribution in [1.29, 1.82) is 0 Å². The fourth-order valence-corrected chi connectivity index (χ4v) is 2.62. The summed E-state index contributed by atoms with van der Waals surface area (Å²) in [7, 11) is 4.15. The van der Waals surface area contributed by atoms with E-state index in [1.54, 1.807) is 0 Å². The van der Waals surface area contributed by atoms with Crippen LogP contribution >= 0.6 is 0 Å². The van der Waals surface area contributed by atoms with Gasteiger partial charge >= 0.3 is 0 Å². The van der Waals surface area contributed by atoms with Gasteiger partial charge in [-0.25, -0.2) is 0 Å². The Morgan fingerprint density at radius 1 is 1.38 bits per heavy atom. The summed E-state index contributed by atoms with van der Waals surface area (Å²) in [6.07, 6.45) is 0. The quantitative estimate of drug-likeness (QED) is 0.836. The number of likely N-dealkylation sites (tertiary alicyclic amines) is 1. The Balaban J connectivity index is 2.28. The van der Waals surface area contributed by atoms with Gasteiger partial charge in [0.1, 0.15) is 0 Å². The lowest BCUT2D eigenvalue weighted by molar-refractivity contribution is 0.128. The van der Waals surface area contributed by atoms with Crippen LogP contribution in [0.1, 0.15) is 36.0 Å². The minimum Gasteiger partial charge on any atom is -0.313 e. The van der Waals surface area contributed by atoms with Gasteiger partial charge in [-0.05, 0) is 34.9 Å². The molecule has 90 valence electrons. The number of hydrogen-bond donors (Lipinski definition) is 1. The zero-order valence-electron chi connectivity index (χ0n) is 10.9. The third kappa shape index (κ3) is 1.76. The second-order valence-corrected chi connectivity index (χ2v) is 4.91. The Labute approximate surface area is 97.6 Å². The number of nitrogens with one attached hydrogen (secondary N) is 1. The maximum atomic E-state index is 4.69. The van der Waals surface area contributed by atoms with E-state index in [9.17, 15) is 0 Å². The first-order valence-electron chi connectivity index (χ1n) is 5.96. The Morgan fingerprint density at radius 3 is 2.50 bits per heavy atom. The fourth-order valence-electron chi connectivity index (χ4n) is 2.62. The molecule has 1 aromatic rings. The minimum absolute atomic E-state index is 0.381. The first-order valence-corrected chi connectivity index (χ1v) is 5.96. The molecular weight excluding hydrogens is 200 g/mol. The van der Waals surface area contributed by atoms with Gasteiger partial charge < -0.3 is 10.2 Å². The molecule has 2 rings (SSSR count). The highest BCUT2D eigenvalue weighted by Crippen LogP contribution is 2.27. The summed E-state index contributed by atoms with van der Waals surface area (Å²) in [6.45, 7) is 8.72. The van der Waals surface area contributed by atoms with Crippen LogP contribution in [0, 0.1) is 13.8 Å². The fraction of sp³-hybridized carbons (Fsp3) is 0.750. The molecule has 0 bridgehead atoms. The number of nitrogens with zero attached hydrogens (tertiary/aromatic N) is 3. The van der Waals surface area contributed by atoms with Crippen LogP contribution in [0.4, 0.5) is 0 Å². The lowest BCUT2D eigenvalue weighted by Gasteiger charge is -2.36. The molecule has 1 aliphatic rings. The van der Waals surface area contributed by atoms with E-state index in [4.69, 9.17) is 0 Å². The monoisotopic (exact) mass is 222 g/mol.